The predicted molar refractivity (Wildman–Crippen MR) is 92.3 cm³/mol. The van der Waals surface area contributed by atoms with Crippen molar-refractivity contribution < 1.29 is 5.11 Å². The lowest BCUT2D eigenvalue weighted by atomic mass is 9.96. The van der Waals surface area contributed by atoms with Crippen LogP contribution in [0.2, 0.25) is 5.02 Å². The monoisotopic (exact) mass is 343 g/mol. The fourth-order valence-electron chi connectivity index (χ4n) is 2.75. The Morgan fingerprint density at radius 2 is 2.04 bits per heavy atom. The maximum Gasteiger partial charge on any atom is 0.178 e. The van der Waals surface area contributed by atoms with Gasteiger partial charge in [-0.25, -0.2) is 0 Å². The van der Waals surface area contributed by atoms with Crippen LogP contribution in [-0.2, 0) is 5.60 Å². The normalized spacial score (nSPS) is 17.0. The van der Waals surface area contributed by atoms with Gasteiger partial charge in [0, 0.05) is 23.0 Å². The second kappa shape index (κ2) is 5.72. The number of hydrogen-bond acceptors (Lipinski definition) is 5. The van der Waals surface area contributed by atoms with Crippen LogP contribution in [0.25, 0.3) is 5.65 Å². The smallest absolute Gasteiger partial charge is 0.178 e. The van der Waals surface area contributed by atoms with E-state index in [9.17, 15) is 5.11 Å². The zero-order chi connectivity index (χ0) is 16.7. The third-order valence-corrected chi connectivity index (χ3v) is 4.63. The highest BCUT2D eigenvalue weighted by molar-refractivity contribution is 6.31. The molecule has 0 aliphatic heterocycles. The minimum absolute atomic E-state index is 0.288. The number of aliphatic hydroxyl groups is 1. The standard InChI is InChI=1S/C17H18ClN5O/c1-17(24,12-4-2-3-5-13(12)18)10-19-14-8-9-15-20-21-16(11-6-7-11)23(15)22-14/h2-5,8-9,11,24H,6-7,10H2,1H3,(H,19,22). The second-order valence-corrected chi connectivity index (χ2v) is 6.84. The van der Waals surface area contributed by atoms with Crippen LogP contribution in [0.1, 0.15) is 37.1 Å². The van der Waals surface area contributed by atoms with Crippen molar-refractivity contribution in [1.82, 2.24) is 19.8 Å². The molecule has 0 bridgehead atoms. The van der Waals surface area contributed by atoms with Crippen LogP contribution in [0.3, 0.4) is 0 Å². The number of halogens is 1. The Labute approximate surface area is 144 Å². The highest BCUT2D eigenvalue weighted by atomic mass is 35.5. The number of anilines is 1. The zero-order valence-corrected chi connectivity index (χ0v) is 14.0. The molecule has 24 heavy (non-hydrogen) atoms. The number of rotatable bonds is 5. The Kier molecular flexibility index (Phi) is 3.66. The Balaban J connectivity index is 1.56. The number of fused-ring (bicyclic) bond motifs is 1. The average molecular weight is 344 g/mol. The Bertz CT molecular complexity index is 888. The largest absolute Gasteiger partial charge is 0.384 e. The van der Waals surface area contributed by atoms with E-state index in [1.165, 1.54) is 0 Å². The van der Waals surface area contributed by atoms with Gasteiger partial charge in [0.25, 0.3) is 0 Å². The molecule has 1 aliphatic carbocycles. The van der Waals surface area contributed by atoms with Crippen molar-refractivity contribution in [3.8, 4) is 0 Å². The van der Waals surface area contributed by atoms with Crippen molar-refractivity contribution in [1.29, 1.82) is 0 Å². The van der Waals surface area contributed by atoms with E-state index in [2.05, 4.69) is 20.6 Å². The van der Waals surface area contributed by atoms with Gasteiger partial charge >= 0.3 is 0 Å². The molecule has 1 aromatic carbocycles. The second-order valence-electron chi connectivity index (χ2n) is 6.43. The van der Waals surface area contributed by atoms with Gasteiger partial charge in [0.15, 0.2) is 11.5 Å². The number of aromatic nitrogens is 4. The van der Waals surface area contributed by atoms with Crippen LogP contribution in [0.4, 0.5) is 5.82 Å². The van der Waals surface area contributed by atoms with Gasteiger partial charge in [-0.2, -0.15) is 4.52 Å². The summed E-state index contributed by atoms with van der Waals surface area (Å²) in [6.07, 6.45) is 2.28. The van der Waals surface area contributed by atoms with Gasteiger partial charge in [-0.3, -0.25) is 0 Å². The lowest BCUT2D eigenvalue weighted by Crippen LogP contribution is -2.31. The van der Waals surface area contributed by atoms with Gasteiger partial charge in [-0.05, 0) is 38.0 Å². The molecule has 1 saturated carbocycles. The summed E-state index contributed by atoms with van der Waals surface area (Å²) in [5.74, 6) is 2.04. The first-order valence-electron chi connectivity index (χ1n) is 7.98. The Morgan fingerprint density at radius 1 is 1.25 bits per heavy atom. The minimum Gasteiger partial charge on any atom is -0.384 e. The summed E-state index contributed by atoms with van der Waals surface area (Å²) < 4.78 is 1.78. The predicted octanol–water partition coefficient (Wildman–Crippen LogP) is 2.97. The van der Waals surface area contributed by atoms with Crippen molar-refractivity contribution in [2.45, 2.75) is 31.3 Å². The number of nitrogens with zero attached hydrogens (tertiary/aromatic N) is 4. The summed E-state index contributed by atoms with van der Waals surface area (Å²) in [4.78, 5) is 0. The van der Waals surface area contributed by atoms with E-state index in [1.807, 2.05) is 30.3 Å². The molecule has 2 aromatic heterocycles. The maximum absolute atomic E-state index is 10.7. The van der Waals surface area contributed by atoms with Crippen LogP contribution >= 0.6 is 11.6 Å². The summed E-state index contributed by atoms with van der Waals surface area (Å²) in [7, 11) is 0. The van der Waals surface area contributed by atoms with Gasteiger partial charge in [0.2, 0.25) is 0 Å². The molecule has 1 aliphatic rings. The van der Waals surface area contributed by atoms with Crippen LogP contribution in [0.15, 0.2) is 36.4 Å². The van der Waals surface area contributed by atoms with Gasteiger partial charge in [0.1, 0.15) is 11.4 Å². The third-order valence-electron chi connectivity index (χ3n) is 4.30. The van der Waals surface area contributed by atoms with E-state index < -0.39 is 5.60 Å². The SMILES string of the molecule is CC(O)(CNc1ccc2nnc(C3CC3)n2n1)c1ccccc1Cl. The molecule has 4 rings (SSSR count). The average Bonchev–Trinajstić information content (AvgIpc) is 3.33. The van der Waals surface area contributed by atoms with Gasteiger partial charge in [-0.15, -0.1) is 15.3 Å². The first-order chi connectivity index (χ1) is 11.5. The lowest BCUT2D eigenvalue weighted by Gasteiger charge is -2.25. The van der Waals surface area contributed by atoms with E-state index >= 15 is 0 Å². The highest BCUT2D eigenvalue weighted by Gasteiger charge is 2.29. The van der Waals surface area contributed by atoms with Gasteiger partial charge < -0.3 is 10.4 Å². The van der Waals surface area contributed by atoms with Crippen LogP contribution < -0.4 is 5.32 Å². The molecule has 1 fully saturated rings. The van der Waals surface area contributed by atoms with Crippen LogP contribution in [0.5, 0.6) is 0 Å². The Hall–Kier alpha value is -2.18. The topological polar surface area (TPSA) is 75.3 Å². The molecule has 2 heterocycles. The Morgan fingerprint density at radius 3 is 2.79 bits per heavy atom. The van der Waals surface area contributed by atoms with Crippen LogP contribution in [-0.4, -0.2) is 31.5 Å². The third kappa shape index (κ3) is 2.83. The minimum atomic E-state index is -1.11. The van der Waals surface area contributed by atoms with Gasteiger partial charge in [-0.1, -0.05) is 29.8 Å². The molecule has 3 aromatic rings. The zero-order valence-electron chi connectivity index (χ0n) is 13.3. The molecule has 2 N–H and O–H groups in total. The van der Waals surface area contributed by atoms with Crippen molar-refractivity contribution in [3.63, 3.8) is 0 Å². The van der Waals surface area contributed by atoms with E-state index in [0.717, 1.165) is 24.3 Å². The molecule has 1 unspecified atom stereocenters. The van der Waals surface area contributed by atoms with Crippen molar-refractivity contribution >= 4 is 23.1 Å². The molecule has 0 radical (unpaired) electrons. The molecule has 1 atom stereocenters. The van der Waals surface area contributed by atoms with E-state index in [-0.39, 0.29) is 6.54 Å². The summed E-state index contributed by atoms with van der Waals surface area (Å²) in [5.41, 5.74) is 0.310. The maximum atomic E-state index is 10.7. The first kappa shape index (κ1) is 15.4. The fraction of sp³-hybridized carbons (Fsp3) is 0.353. The molecular weight excluding hydrogens is 326 g/mol. The van der Waals surface area contributed by atoms with E-state index in [0.29, 0.717) is 22.3 Å². The molecule has 0 amide bonds. The summed E-state index contributed by atoms with van der Waals surface area (Å²) >= 11 is 6.19. The summed E-state index contributed by atoms with van der Waals surface area (Å²) in [6.45, 7) is 2.02. The molecule has 0 saturated heterocycles. The van der Waals surface area contributed by atoms with E-state index in [4.69, 9.17) is 11.6 Å². The number of nitrogens with one attached hydrogen (secondary N) is 1. The van der Waals surface area contributed by atoms with Crippen molar-refractivity contribution in [2.24, 2.45) is 0 Å². The van der Waals surface area contributed by atoms with Crippen LogP contribution in [0, 0.1) is 0 Å². The van der Waals surface area contributed by atoms with E-state index in [1.54, 1.807) is 17.5 Å². The number of benzene rings is 1. The molecule has 124 valence electrons. The van der Waals surface area contributed by atoms with Crippen molar-refractivity contribution in [3.05, 3.63) is 52.8 Å². The lowest BCUT2D eigenvalue weighted by molar-refractivity contribution is 0.0715. The first-order valence-corrected chi connectivity index (χ1v) is 8.36. The molecule has 7 heteroatoms. The van der Waals surface area contributed by atoms with Gasteiger partial charge in [0.05, 0.1) is 0 Å². The number of hydrogen-bond donors (Lipinski definition) is 2. The summed E-state index contributed by atoms with van der Waals surface area (Å²) in [5, 5.41) is 27.4. The summed E-state index contributed by atoms with van der Waals surface area (Å²) in [6, 6.07) is 11.0. The molecular formula is C17H18ClN5O. The fourth-order valence-corrected chi connectivity index (χ4v) is 3.09. The highest BCUT2D eigenvalue weighted by Crippen LogP contribution is 2.38. The molecule has 6 nitrogen and oxygen atoms in total. The molecule has 0 spiro atoms. The quantitative estimate of drug-likeness (QED) is 0.745. The van der Waals surface area contributed by atoms with Crippen molar-refractivity contribution in [2.75, 3.05) is 11.9 Å².